The summed E-state index contributed by atoms with van der Waals surface area (Å²) in [6, 6.07) is 16.3. The lowest BCUT2D eigenvalue weighted by Gasteiger charge is -2.08. The third kappa shape index (κ3) is 3.47. The van der Waals surface area contributed by atoms with Crippen LogP contribution in [0.3, 0.4) is 0 Å². The number of nitrogens with zero attached hydrogens (tertiary/aromatic N) is 3. The van der Waals surface area contributed by atoms with Crippen molar-refractivity contribution in [3.63, 3.8) is 0 Å². The molecule has 0 saturated carbocycles. The Kier molecular flexibility index (Phi) is 4.82. The van der Waals surface area contributed by atoms with Gasteiger partial charge in [-0.1, -0.05) is 30.3 Å². The van der Waals surface area contributed by atoms with Gasteiger partial charge in [-0.25, -0.2) is 4.68 Å². The predicted molar refractivity (Wildman–Crippen MR) is 109 cm³/mol. The molecule has 0 spiro atoms. The van der Waals surface area contributed by atoms with Gasteiger partial charge in [-0.15, -0.1) is 0 Å². The molecule has 29 heavy (non-hydrogen) atoms. The Morgan fingerprint density at radius 3 is 2.66 bits per heavy atom. The smallest absolute Gasteiger partial charge is 0.274 e. The Bertz CT molecular complexity index is 1260. The largest absolute Gasteiger partial charge is 0.496 e. The monoisotopic (exact) mass is 389 g/mol. The average molecular weight is 389 g/mol. The maximum Gasteiger partial charge on any atom is 0.274 e. The molecular formula is C21H19N5O3. The van der Waals surface area contributed by atoms with Gasteiger partial charge in [0.1, 0.15) is 11.4 Å². The second-order valence-corrected chi connectivity index (χ2v) is 6.47. The van der Waals surface area contributed by atoms with Crippen molar-refractivity contribution in [1.29, 1.82) is 0 Å². The zero-order valence-electron chi connectivity index (χ0n) is 16.0. The third-order valence-electron chi connectivity index (χ3n) is 4.65. The summed E-state index contributed by atoms with van der Waals surface area (Å²) in [4.78, 5) is 24.8. The summed E-state index contributed by atoms with van der Waals surface area (Å²) in [5, 5.41) is 15.4. The molecule has 4 aromatic rings. The highest BCUT2D eigenvalue weighted by Crippen LogP contribution is 2.28. The molecule has 8 heteroatoms. The standard InChI is InChI=1S/C21H19N5O3/c1-26-21(28)14-8-4-3-7-13(14)18(25-26)12-22-20(27)17-11-16(23-24-17)15-9-5-6-10-19(15)29-2/h3-11H,12H2,1-2H3,(H,22,27)(H,23,24). The van der Waals surface area contributed by atoms with Gasteiger partial charge < -0.3 is 10.1 Å². The lowest BCUT2D eigenvalue weighted by atomic mass is 10.1. The van der Waals surface area contributed by atoms with Crippen LogP contribution in [0.4, 0.5) is 0 Å². The lowest BCUT2D eigenvalue weighted by molar-refractivity contribution is 0.0945. The number of para-hydroxylation sites is 1. The minimum atomic E-state index is -0.321. The van der Waals surface area contributed by atoms with E-state index >= 15 is 0 Å². The molecule has 0 fully saturated rings. The van der Waals surface area contributed by atoms with Crippen LogP contribution >= 0.6 is 0 Å². The molecule has 0 aliphatic heterocycles. The summed E-state index contributed by atoms with van der Waals surface area (Å²) in [6.07, 6.45) is 0. The van der Waals surface area contributed by atoms with Crippen molar-refractivity contribution in [2.75, 3.05) is 7.11 Å². The highest BCUT2D eigenvalue weighted by Gasteiger charge is 2.15. The van der Waals surface area contributed by atoms with Crippen molar-refractivity contribution in [2.24, 2.45) is 7.05 Å². The van der Waals surface area contributed by atoms with E-state index in [0.29, 0.717) is 28.2 Å². The number of hydrogen-bond donors (Lipinski definition) is 2. The number of carbonyl (C=O) groups is 1. The van der Waals surface area contributed by atoms with Crippen LogP contribution in [0.2, 0.25) is 0 Å². The Morgan fingerprint density at radius 2 is 1.86 bits per heavy atom. The molecule has 0 radical (unpaired) electrons. The fourth-order valence-electron chi connectivity index (χ4n) is 3.20. The van der Waals surface area contributed by atoms with Crippen LogP contribution in [-0.2, 0) is 13.6 Å². The number of aromatic nitrogens is 4. The van der Waals surface area contributed by atoms with E-state index in [0.717, 1.165) is 10.9 Å². The van der Waals surface area contributed by atoms with Crippen molar-refractivity contribution in [1.82, 2.24) is 25.3 Å². The molecule has 0 aliphatic carbocycles. The second-order valence-electron chi connectivity index (χ2n) is 6.47. The number of fused-ring (bicyclic) bond motifs is 1. The number of aromatic amines is 1. The summed E-state index contributed by atoms with van der Waals surface area (Å²) < 4.78 is 6.62. The van der Waals surface area contributed by atoms with Gasteiger partial charge in [-0.05, 0) is 24.3 Å². The Balaban J connectivity index is 1.56. The first kappa shape index (κ1) is 18.4. The van der Waals surface area contributed by atoms with Gasteiger partial charge in [0, 0.05) is 18.0 Å². The van der Waals surface area contributed by atoms with Gasteiger partial charge in [0.15, 0.2) is 0 Å². The molecule has 0 bridgehead atoms. The molecule has 2 N–H and O–H groups in total. The summed E-state index contributed by atoms with van der Waals surface area (Å²) in [7, 11) is 3.18. The van der Waals surface area contributed by atoms with Crippen molar-refractivity contribution < 1.29 is 9.53 Å². The fraction of sp³-hybridized carbons (Fsp3) is 0.143. The van der Waals surface area contributed by atoms with Crippen molar-refractivity contribution in [2.45, 2.75) is 6.54 Å². The van der Waals surface area contributed by atoms with E-state index in [1.807, 2.05) is 36.4 Å². The summed E-state index contributed by atoms with van der Waals surface area (Å²) in [6.45, 7) is 0.177. The van der Waals surface area contributed by atoms with Gasteiger partial charge in [0.2, 0.25) is 0 Å². The number of nitrogens with one attached hydrogen (secondary N) is 2. The summed E-state index contributed by atoms with van der Waals surface area (Å²) in [5.74, 6) is 0.352. The van der Waals surface area contributed by atoms with Crippen LogP contribution in [0.25, 0.3) is 22.0 Å². The fourth-order valence-corrected chi connectivity index (χ4v) is 3.20. The number of rotatable bonds is 5. The van der Waals surface area contributed by atoms with Crippen molar-refractivity contribution in [3.05, 3.63) is 76.3 Å². The second kappa shape index (κ2) is 7.59. The van der Waals surface area contributed by atoms with Gasteiger partial charge in [0.05, 0.1) is 30.4 Å². The molecule has 0 unspecified atom stereocenters. The highest BCUT2D eigenvalue weighted by molar-refractivity contribution is 5.94. The SMILES string of the molecule is COc1ccccc1-c1cc(C(=O)NCc2nn(C)c(=O)c3ccccc23)[nH]n1. The maximum atomic E-state index is 12.6. The molecule has 2 aromatic heterocycles. The minimum Gasteiger partial charge on any atom is -0.496 e. The number of hydrogen-bond acceptors (Lipinski definition) is 5. The van der Waals surface area contributed by atoms with E-state index in [2.05, 4.69) is 20.6 Å². The van der Waals surface area contributed by atoms with Crippen LogP contribution in [0.1, 0.15) is 16.2 Å². The lowest BCUT2D eigenvalue weighted by Crippen LogP contribution is -2.27. The van der Waals surface area contributed by atoms with Gasteiger partial charge in [-0.3, -0.25) is 14.7 Å². The van der Waals surface area contributed by atoms with Crippen molar-refractivity contribution in [3.8, 4) is 17.0 Å². The molecule has 0 saturated heterocycles. The first-order valence-corrected chi connectivity index (χ1v) is 9.00. The van der Waals surface area contributed by atoms with Crippen LogP contribution in [0.15, 0.2) is 59.4 Å². The zero-order chi connectivity index (χ0) is 20.4. The number of aryl methyl sites for hydroxylation is 1. The van der Waals surface area contributed by atoms with E-state index in [-0.39, 0.29) is 18.0 Å². The summed E-state index contributed by atoms with van der Waals surface area (Å²) >= 11 is 0. The van der Waals surface area contributed by atoms with Crippen LogP contribution in [0, 0.1) is 0 Å². The molecule has 146 valence electrons. The number of carbonyl (C=O) groups excluding carboxylic acids is 1. The highest BCUT2D eigenvalue weighted by atomic mass is 16.5. The number of amides is 1. The molecule has 0 aliphatic rings. The molecule has 0 atom stereocenters. The van der Waals surface area contributed by atoms with Gasteiger partial charge in [-0.2, -0.15) is 10.2 Å². The van der Waals surface area contributed by atoms with Gasteiger partial charge in [0.25, 0.3) is 11.5 Å². The molecule has 8 nitrogen and oxygen atoms in total. The first-order chi connectivity index (χ1) is 14.1. The Morgan fingerprint density at radius 1 is 1.14 bits per heavy atom. The summed E-state index contributed by atoms with van der Waals surface area (Å²) in [5.41, 5.74) is 2.15. The number of H-pyrrole nitrogens is 1. The average Bonchev–Trinajstić information content (AvgIpc) is 3.25. The predicted octanol–water partition coefficient (Wildman–Crippen LogP) is 2.26. The van der Waals surface area contributed by atoms with E-state index in [1.165, 1.54) is 4.68 Å². The molecule has 2 heterocycles. The molecular weight excluding hydrogens is 370 g/mol. The van der Waals surface area contributed by atoms with E-state index in [4.69, 9.17) is 4.74 Å². The van der Waals surface area contributed by atoms with E-state index < -0.39 is 0 Å². The Hall–Kier alpha value is -3.94. The first-order valence-electron chi connectivity index (χ1n) is 9.00. The number of ether oxygens (including phenoxy) is 1. The van der Waals surface area contributed by atoms with E-state index in [1.54, 1.807) is 32.4 Å². The number of methoxy groups -OCH3 is 1. The van der Waals surface area contributed by atoms with E-state index in [9.17, 15) is 9.59 Å². The number of benzene rings is 2. The third-order valence-corrected chi connectivity index (χ3v) is 4.65. The molecule has 4 rings (SSSR count). The van der Waals surface area contributed by atoms with Crippen molar-refractivity contribution >= 4 is 16.7 Å². The normalized spacial score (nSPS) is 10.8. The topological polar surface area (TPSA) is 102 Å². The van der Waals surface area contributed by atoms with Crippen LogP contribution in [0.5, 0.6) is 5.75 Å². The quantitative estimate of drug-likeness (QED) is 0.545. The molecule has 2 aromatic carbocycles. The molecule has 1 amide bonds. The van der Waals surface area contributed by atoms with Gasteiger partial charge >= 0.3 is 0 Å². The maximum absolute atomic E-state index is 12.6. The zero-order valence-corrected chi connectivity index (χ0v) is 16.0. The van der Waals surface area contributed by atoms with Crippen LogP contribution in [-0.4, -0.2) is 33.0 Å². The van der Waals surface area contributed by atoms with Crippen LogP contribution < -0.4 is 15.6 Å². The minimum absolute atomic E-state index is 0.175. The Labute approximate surface area is 166 Å².